The van der Waals surface area contributed by atoms with E-state index < -0.39 is 30.1 Å². The van der Waals surface area contributed by atoms with Gasteiger partial charge in [-0.05, 0) is 36.6 Å². The molecule has 46 heavy (non-hydrogen) atoms. The van der Waals surface area contributed by atoms with Crippen molar-refractivity contribution in [1.29, 1.82) is 0 Å². The molecule has 3 N–H and O–H groups in total. The Morgan fingerprint density at radius 2 is 1.70 bits per heavy atom. The number of unbranched alkanes of at least 4 members (excludes halogenated alkanes) is 4. The lowest BCUT2D eigenvalue weighted by atomic mass is 9.91. The number of likely N-dealkylation sites (N-methyl/N-ethyl adjacent to an activating group) is 1. The van der Waals surface area contributed by atoms with Crippen molar-refractivity contribution in [3.05, 3.63) is 53.1 Å². The number of nitrogens with zero attached hydrogens (tertiary/aromatic N) is 1. The molecule has 0 spiro atoms. The number of carbonyl (C=O) groups is 4. The summed E-state index contributed by atoms with van der Waals surface area (Å²) < 4.78 is 19.4. The van der Waals surface area contributed by atoms with Gasteiger partial charge in [-0.25, -0.2) is 4.79 Å². The number of nitrogens with one attached hydrogen (secondary N) is 2. The molecule has 254 valence electrons. The molecule has 1 fully saturated rings. The molecule has 3 rings (SSSR count). The fourth-order valence-electron chi connectivity index (χ4n) is 5.63. The fraction of sp³-hybridized carbons (Fsp3) is 0.600. The molecule has 0 unspecified atom stereocenters. The quantitative estimate of drug-likeness (QED) is 0.124. The molecule has 0 radical (unpaired) electrons. The van der Waals surface area contributed by atoms with E-state index in [4.69, 9.17) is 19.3 Å². The lowest BCUT2D eigenvalue weighted by molar-refractivity contribution is -0.190. The van der Waals surface area contributed by atoms with Crippen LogP contribution in [0.4, 0.5) is 0 Å². The second kappa shape index (κ2) is 18.6. The molecule has 11 heteroatoms. The minimum absolute atomic E-state index is 0.0572. The number of hydrogen-bond donors (Lipinski definition) is 3. The third-order valence-corrected chi connectivity index (χ3v) is 8.15. The Bertz CT molecular complexity index is 1230. The Kier molecular flexibility index (Phi) is 14.9. The highest BCUT2D eigenvalue weighted by Gasteiger charge is 2.52. The molecule has 3 amide bonds. The van der Waals surface area contributed by atoms with Crippen molar-refractivity contribution in [2.24, 2.45) is 0 Å². The van der Waals surface area contributed by atoms with Crippen LogP contribution in [0.1, 0.15) is 94.0 Å². The number of ether oxygens (including phenoxy) is 3. The number of aliphatic hydroxyl groups is 1. The number of benzene rings is 1. The molecule has 0 saturated carbocycles. The van der Waals surface area contributed by atoms with Gasteiger partial charge in [0.05, 0.1) is 12.2 Å². The van der Waals surface area contributed by atoms with E-state index in [-0.39, 0.29) is 55.8 Å². The van der Waals surface area contributed by atoms with Crippen LogP contribution < -0.4 is 10.6 Å². The van der Waals surface area contributed by atoms with Gasteiger partial charge in [0.2, 0.25) is 17.7 Å². The van der Waals surface area contributed by atoms with Crippen LogP contribution in [0.15, 0.2) is 42.0 Å². The number of hydrogen-bond acceptors (Lipinski definition) is 8. The average Bonchev–Trinajstić information content (AvgIpc) is 3.41. The van der Waals surface area contributed by atoms with Crippen LogP contribution in [0, 0.1) is 0 Å². The Morgan fingerprint density at radius 3 is 2.35 bits per heavy atom. The van der Waals surface area contributed by atoms with Crippen molar-refractivity contribution in [3.63, 3.8) is 0 Å². The number of carbonyl (C=O) groups excluding carboxylic acids is 4. The zero-order chi connectivity index (χ0) is 33.5. The summed E-state index contributed by atoms with van der Waals surface area (Å²) in [5, 5.41) is 14.3. The molecular weight excluding hydrogens is 590 g/mol. The van der Waals surface area contributed by atoms with Gasteiger partial charge in [-0.15, -0.1) is 0 Å². The van der Waals surface area contributed by atoms with Gasteiger partial charge in [-0.2, -0.15) is 0 Å². The number of rotatable bonds is 18. The molecule has 1 aliphatic carbocycles. The van der Waals surface area contributed by atoms with Crippen molar-refractivity contribution < 1.29 is 38.5 Å². The van der Waals surface area contributed by atoms with E-state index in [2.05, 4.69) is 24.5 Å². The zero-order valence-corrected chi connectivity index (χ0v) is 27.7. The van der Waals surface area contributed by atoms with Gasteiger partial charge in [0.1, 0.15) is 18.3 Å². The molecule has 0 bridgehead atoms. The van der Waals surface area contributed by atoms with Gasteiger partial charge in [0, 0.05) is 64.5 Å². The third-order valence-electron chi connectivity index (χ3n) is 8.15. The first-order chi connectivity index (χ1) is 22.1. The lowest BCUT2D eigenvalue weighted by Crippen LogP contribution is -2.44. The van der Waals surface area contributed by atoms with Crippen molar-refractivity contribution in [1.82, 2.24) is 15.5 Å². The highest BCUT2D eigenvalue weighted by molar-refractivity contribution is 5.97. The summed E-state index contributed by atoms with van der Waals surface area (Å²) in [5.41, 5.74) is 1.20. The van der Waals surface area contributed by atoms with E-state index in [1.54, 1.807) is 50.5 Å². The summed E-state index contributed by atoms with van der Waals surface area (Å²) in [5.74, 6) is -2.32. The first-order valence-corrected chi connectivity index (χ1v) is 16.5. The Labute approximate surface area is 272 Å². The minimum atomic E-state index is -0.843. The average molecular weight is 642 g/mol. The number of fused-ring (bicyclic) bond motifs is 1. The van der Waals surface area contributed by atoms with E-state index in [0.29, 0.717) is 24.0 Å². The second-order valence-corrected chi connectivity index (χ2v) is 12.1. The second-order valence-electron chi connectivity index (χ2n) is 12.1. The number of esters is 1. The normalized spacial score (nSPS) is 20.1. The Hall–Kier alpha value is -3.54. The van der Waals surface area contributed by atoms with Crippen molar-refractivity contribution in [2.45, 2.75) is 102 Å². The summed E-state index contributed by atoms with van der Waals surface area (Å²) >= 11 is 0. The van der Waals surface area contributed by atoms with Gasteiger partial charge in [-0.1, -0.05) is 57.7 Å². The van der Waals surface area contributed by atoms with Crippen LogP contribution in [0.3, 0.4) is 0 Å². The predicted molar refractivity (Wildman–Crippen MR) is 175 cm³/mol. The highest BCUT2D eigenvalue weighted by Crippen LogP contribution is 2.43. The third kappa shape index (κ3) is 10.8. The molecule has 1 heterocycles. The molecular formula is C35H51N3O8. The van der Waals surface area contributed by atoms with Crippen molar-refractivity contribution >= 4 is 29.8 Å². The van der Waals surface area contributed by atoms with E-state index in [0.717, 1.165) is 38.5 Å². The molecule has 1 aliphatic heterocycles. The van der Waals surface area contributed by atoms with E-state index in [1.165, 1.54) is 11.0 Å². The van der Waals surface area contributed by atoms with Crippen molar-refractivity contribution in [2.75, 3.05) is 33.8 Å². The van der Waals surface area contributed by atoms with Crippen LogP contribution in [0.5, 0.6) is 0 Å². The van der Waals surface area contributed by atoms with Gasteiger partial charge < -0.3 is 34.9 Å². The van der Waals surface area contributed by atoms with Gasteiger partial charge >= 0.3 is 5.97 Å². The van der Waals surface area contributed by atoms with Gasteiger partial charge in [0.25, 0.3) is 0 Å². The van der Waals surface area contributed by atoms with Crippen LogP contribution in [0.2, 0.25) is 0 Å². The van der Waals surface area contributed by atoms with Crippen LogP contribution in [-0.2, 0) is 28.6 Å². The molecule has 0 aromatic heterocycles. The monoisotopic (exact) mass is 641 g/mol. The standard InChI is InChI=1S/C35H51N3O8/c1-5-7-11-18-35(19-12-8-6-2)45-29-24-26(33(42)37-20-17-30(40)36-21-22-39)23-28(32(29)46-35)44-34(43)27-14-10-9-13-25(27)15-16-31(41)38(3)4/h9-10,13-16,24,28-29,32,39H,5-8,11-12,17-23H2,1-4H3,(H,36,40)(H,37,42)/t28-,29-,32+/m1/s1. The topological polar surface area (TPSA) is 144 Å². The number of aliphatic hydroxyl groups excluding tert-OH is 1. The molecule has 2 aliphatic rings. The van der Waals surface area contributed by atoms with E-state index in [1.807, 2.05) is 0 Å². The van der Waals surface area contributed by atoms with Crippen LogP contribution >= 0.6 is 0 Å². The molecule has 1 aromatic carbocycles. The Balaban J connectivity index is 1.85. The predicted octanol–water partition coefficient (Wildman–Crippen LogP) is 3.90. The summed E-state index contributed by atoms with van der Waals surface area (Å²) in [4.78, 5) is 52.5. The Morgan fingerprint density at radius 1 is 1.00 bits per heavy atom. The smallest absolute Gasteiger partial charge is 0.339 e. The summed E-state index contributed by atoms with van der Waals surface area (Å²) in [6.07, 6.45) is 10.3. The zero-order valence-electron chi connectivity index (χ0n) is 27.7. The first kappa shape index (κ1) is 36.9. The lowest BCUT2D eigenvalue weighted by Gasteiger charge is -2.31. The number of amides is 3. The maximum absolute atomic E-state index is 13.7. The molecule has 1 saturated heterocycles. The molecule has 1 aromatic rings. The molecule has 11 nitrogen and oxygen atoms in total. The minimum Gasteiger partial charge on any atom is -0.456 e. The van der Waals surface area contributed by atoms with Crippen LogP contribution in [0.25, 0.3) is 6.08 Å². The molecule has 3 atom stereocenters. The van der Waals surface area contributed by atoms with E-state index >= 15 is 0 Å². The first-order valence-electron chi connectivity index (χ1n) is 16.5. The highest BCUT2D eigenvalue weighted by atomic mass is 16.8. The summed E-state index contributed by atoms with van der Waals surface area (Å²) in [6, 6.07) is 6.87. The largest absolute Gasteiger partial charge is 0.456 e. The maximum atomic E-state index is 13.7. The summed E-state index contributed by atoms with van der Waals surface area (Å²) in [7, 11) is 3.29. The van der Waals surface area contributed by atoms with Crippen molar-refractivity contribution in [3.8, 4) is 0 Å². The maximum Gasteiger partial charge on any atom is 0.339 e. The van der Waals surface area contributed by atoms with Gasteiger partial charge in [0.15, 0.2) is 5.79 Å². The fourth-order valence-corrected chi connectivity index (χ4v) is 5.63. The summed E-state index contributed by atoms with van der Waals surface area (Å²) in [6.45, 7) is 4.37. The van der Waals surface area contributed by atoms with Crippen LogP contribution in [-0.4, -0.2) is 91.6 Å². The van der Waals surface area contributed by atoms with Gasteiger partial charge in [-0.3, -0.25) is 14.4 Å². The SMILES string of the molecule is CCCCCC1(CCCCC)O[C@@H]2[C@@H](C=C(C(=O)NCCC(=O)NCCO)C[C@H]2OC(=O)c2ccccc2C=CC(=O)N(C)C)O1. The van der Waals surface area contributed by atoms with E-state index in [9.17, 15) is 19.2 Å².